The van der Waals surface area contributed by atoms with Gasteiger partial charge in [-0.2, -0.15) is 0 Å². The third-order valence-electron chi connectivity index (χ3n) is 2.88. The summed E-state index contributed by atoms with van der Waals surface area (Å²) in [6.07, 6.45) is 1.64. The Bertz CT molecular complexity index is 538. The zero-order valence-electron chi connectivity index (χ0n) is 10.3. The molecule has 0 bridgehead atoms. The number of aryl methyl sites for hydroxylation is 1. The second-order valence-corrected chi connectivity index (χ2v) is 4.87. The molecule has 0 aliphatic heterocycles. The molecule has 0 saturated heterocycles. The smallest absolute Gasteiger partial charge is 0.174 e. The molecule has 1 N–H and O–H groups in total. The molecule has 0 aliphatic rings. The van der Waals surface area contributed by atoms with Crippen LogP contribution in [0.5, 0.6) is 0 Å². The van der Waals surface area contributed by atoms with Crippen LogP contribution in [0.15, 0.2) is 39.6 Å². The molecule has 18 heavy (non-hydrogen) atoms. The van der Waals surface area contributed by atoms with Gasteiger partial charge in [-0.3, -0.25) is 0 Å². The van der Waals surface area contributed by atoms with E-state index in [0.29, 0.717) is 10.2 Å². The van der Waals surface area contributed by atoms with Gasteiger partial charge in [0, 0.05) is 5.56 Å². The molecule has 96 valence electrons. The number of halogens is 2. The predicted octanol–water partition coefficient (Wildman–Crippen LogP) is 4.19. The Morgan fingerprint density at radius 2 is 2.17 bits per heavy atom. The quantitative estimate of drug-likeness (QED) is 0.916. The normalized spacial score (nSPS) is 12.7. The van der Waals surface area contributed by atoms with Crippen LogP contribution in [0.2, 0.25) is 0 Å². The second-order valence-electron chi connectivity index (χ2n) is 4.15. The fourth-order valence-corrected chi connectivity index (χ4v) is 2.44. The zero-order valence-corrected chi connectivity index (χ0v) is 11.9. The van der Waals surface area contributed by atoms with E-state index in [1.165, 1.54) is 6.07 Å². The Morgan fingerprint density at radius 3 is 2.72 bits per heavy atom. The molecule has 2 aromatic rings. The minimum atomic E-state index is -0.180. The molecule has 0 saturated carbocycles. The Balaban J connectivity index is 2.41. The first-order valence-corrected chi connectivity index (χ1v) is 6.65. The van der Waals surface area contributed by atoms with Crippen molar-refractivity contribution < 1.29 is 8.81 Å². The maximum atomic E-state index is 13.3. The molecule has 0 spiro atoms. The van der Waals surface area contributed by atoms with E-state index in [9.17, 15) is 4.39 Å². The van der Waals surface area contributed by atoms with Gasteiger partial charge in [0.1, 0.15) is 5.82 Å². The van der Waals surface area contributed by atoms with E-state index in [4.69, 9.17) is 4.42 Å². The van der Waals surface area contributed by atoms with Crippen molar-refractivity contribution in [3.8, 4) is 0 Å². The van der Waals surface area contributed by atoms with Crippen molar-refractivity contribution in [1.29, 1.82) is 0 Å². The SMILES string of the molecule is CCNC(c1ccc(F)c(C)c1)c1ccoc1Br. The van der Waals surface area contributed by atoms with Crippen molar-refractivity contribution >= 4 is 15.9 Å². The minimum absolute atomic E-state index is 0.00225. The fourth-order valence-electron chi connectivity index (χ4n) is 1.97. The average molecular weight is 312 g/mol. The van der Waals surface area contributed by atoms with E-state index < -0.39 is 0 Å². The molecule has 1 aromatic carbocycles. The monoisotopic (exact) mass is 311 g/mol. The van der Waals surface area contributed by atoms with Crippen molar-refractivity contribution in [2.24, 2.45) is 0 Å². The second kappa shape index (κ2) is 5.67. The lowest BCUT2D eigenvalue weighted by molar-refractivity contribution is 0.526. The Labute approximate surface area is 114 Å². The third kappa shape index (κ3) is 2.65. The summed E-state index contributed by atoms with van der Waals surface area (Å²) in [5.74, 6) is -0.180. The first-order chi connectivity index (χ1) is 8.63. The number of benzene rings is 1. The topological polar surface area (TPSA) is 25.2 Å². The van der Waals surface area contributed by atoms with Crippen molar-refractivity contribution in [3.63, 3.8) is 0 Å². The summed E-state index contributed by atoms with van der Waals surface area (Å²) in [5, 5.41) is 3.38. The summed E-state index contributed by atoms with van der Waals surface area (Å²) >= 11 is 3.39. The highest BCUT2D eigenvalue weighted by Gasteiger charge is 2.18. The summed E-state index contributed by atoms with van der Waals surface area (Å²) in [7, 11) is 0. The number of hydrogen-bond acceptors (Lipinski definition) is 2. The molecule has 0 aliphatic carbocycles. The molecule has 1 aromatic heterocycles. The summed E-state index contributed by atoms with van der Waals surface area (Å²) in [6, 6.07) is 7.08. The van der Waals surface area contributed by atoms with Crippen LogP contribution in [0.4, 0.5) is 4.39 Å². The van der Waals surface area contributed by atoms with Gasteiger partial charge in [-0.25, -0.2) is 4.39 Å². The molecule has 1 unspecified atom stereocenters. The van der Waals surface area contributed by atoms with E-state index in [1.807, 2.05) is 19.1 Å². The zero-order chi connectivity index (χ0) is 13.1. The van der Waals surface area contributed by atoms with Gasteiger partial charge in [-0.05, 0) is 52.7 Å². The highest BCUT2D eigenvalue weighted by atomic mass is 79.9. The van der Waals surface area contributed by atoms with Gasteiger partial charge in [-0.15, -0.1) is 0 Å². The van der Waals surface area contributed by atoms with Gasteiger partial charge in [0.15, 0.2) is 4.67 Å². The van der Waals surface area contributed by atoms with Crippen LogP contribution in [-0.2, 0) is 0 Å². The fraction of sp³-hybridized carbons (Fsp3) is 0.286. The molecule has 2 nitrogen and oxygen atoms in total. The lowest BCUT2D eigenvalue weighted by atomic mass is 9.99. The largest absolute Gasteiger partial charge is 0.457 e. The van der Waals surface area contributed by atoms with Crippen LogP contribution in [0.3, 0.4) is 0 Å². The van der Waals surface area contributed by atoms with Crippen LogP contribution in [0, 0.1) is 12.7 Å². The Morgan fingerprint density at radius 1 is 1.39 bits per heavy atom. The summed E-state index contributed by atoms with van der Waals surface area (Å²) in [5.41, 5.74) is 2.69. The molecule has 4 heteroatoms. The first-order valence-electron chi connectivity index (χ1n) is 5.85. The van der Waals surface area contributed by atoms with Gasteiger partial charge >= 0.3 is 0 Å². The van der Waals surface area contributed by atoms with Gasteiger partial charge in [0.05, 0.1) is 12.3 Å². The third-order valence-corrected chi connectivity index (χ3v) is 3.53. The summed E-state index contributed by atoms with van der Waals surface area (Å²) in [6.45, 7) is 4.63. The van der Waals surface area contributed by atoms with Gasteiger partial charge in [-0.1, -0.05) is 19.1 Å². The lowest BCUT2D eigenvalue weighted by Gasteiger charge is -2.18. The average Bonchev–Trinajstić information content (AvgIpc) is 2.76. The van der Waals surface area contributed by atoms with Crippen LogP contribution in [0.1, 0.15) is 29.7 Å². The van der Waals surface area contributed by atoms with E-state index in [0.717, 1.165) is 17.7 Å². The van der Waals surface area contributed by atoms with Crippen molar-refractivity contribution in [2.45, 2.75) is 19.9 Å². The Hall–Kier alpha value is -1.13. The molecule has 2 rings (SSSR count). The molecule has 0 fully saturated rings. The van der Waals surface area contributed by atoms with E-state index >= 15 is 0 Å². The van der Waals surface area contributed by atoms with Crippen molar-refractivity contribution in [2.75, 3.05) is 6.54 Å². The summed E-state index contributed by atoms with van der Waals surface area (Å²) in [4.78, 5) is 0. The highest BCUT2D eigenvalue weighted by Crippen LogP contribution is 2.30. The minimum Gasteiger partial charge on any atom is -0.457 e. The number of hydrogen-bond donors (Lipinski definition) is 1. The maximum Gasteiger partial charge on any atom is 0.174 e. The summed E-state index contributed by atoms with van der Waals surface area (Å²) < 4.78 is 19.3. The molecule has 0 radical (unpaired) electrons. The highest BCUT2D eigenvalue weighted by molar-refractivity contribution is 9.10. The molecule has 1 heterocycles. The van der Waals surface area contributed by atoms with Gasteiger partial charge < -0.3 is 9.73 Å². The molecular formula is C14H15BrFNO. The van der Waals surface area contributed by atoms with E-state index in [-0.39, 0.29) is 11.9 Å². The Kier molecular flexibility index (Phi) is 4.19. The first kappa shape index (κ1) is 13.3. The van der Waals surface area contributed by atoms with E-state index in [1.54, 1.807) is 19.3 Å². The maximum absolute atomic E-state index is 13.3. The standard InChI is InChI=1S/C14H15BrFNO/c1-3-17-13(11-6-7-18-14(11)15)10-4-5-12(16)9(2)8-10/h4-8,13,17H,3H2,1-2H3. The van der Waals surface area contributed by atoms with Crippen LogP contribution in [0.25, 0.3) is 0 Å². The number of furan rings is 1. The van der Waals surface area contributed by atoms with E-state index in [2.05, 4.69) is 21.2 Å². The van der Waals surface area contributed by atoms with Crippen LogP contribution < -0.4 is 5.32 Å². The van der Waals surface area contributed by atoms with Crippen molar-refractivity contribution in [1.82, 2.24) is 5.32 Å². The van der Waals surface area contributed by atoms with Gasteiger partial charge in [0.25, 0.3) is 0 Å². The lowest BCUT2D eigenvalue weighted by Crippen LogP contribution is -2.22. The number of nitrogens with one attached hydrogen (secondary N) is 1. The van der Waals surface area contributed by atoms with Crippen LogP contribution >= 0.6 is 15.9 Å². The molecule has 0 amide bonds. The van der Waals surface area contributed by atoms with Crippen LogP contribution in [-0.4, -0.2) is 6.54 Å². The molecule has 1 atom stereocenters. The van der Waals surface area contributed by atoms with Gasteiger partial charge in [0.2, 0.25) is 0 Å². The van der Waals surface area contributed by atoms with Crippen molar-refractivity contribution in [3.05, 3.63) is 57.7 Å². The predicted molar refractivity (Wildman–Crippen MR) is 73.1 cm³/mol. The molecular weight excluding hydrogens is 297 g/mol. The number of rotatable bonds is 4.